The number of aromatic nitrogens is 1. The molecule has 4 heteroatoms. The number of hydrogen-bond acceptors (Lipinski definition) is 1. The molecule has 0 atom stereocenters. The molecule has 0 saturated heterocycles. The predicted octanol–water partition coefficient (Wildman–Crippen LogP) is 3.36. The van der Waals surface area contributed by atoms with Gasteiger partial charge in [0.25, 0.3) is 0 Å². The lowest BCUT2D eigenvalue weighted by molar-refractivity contribution is 0.202. The van der Waals surface area contributed by atoms with Crippen LogP contribution in [0, 0.1) is 5.41 Å². The Balaban J connectivity index is 2.00. The smallest absolute Gasteiger partial charge is 0.317 e. The van der Waals surface area contributed by atoms with Crippen LogP contribution in [-0.4, -0.2) is 29.5 Å². The molecule has 20 heavy (non-hydrogen) atoms. The third kappa shape index (κ3) is 3.53. The summed E-state index contributed by atoms with van der Waals surface area (Å²) in [6, 6.07) is 8.09. The fourth-order valence-corrected chi connectivity index (χ4v) is 2.07. The quantitative estimate of drug-likeness (QED) is 0.885. The molecule has 1 aromatic carbocycles. The molecule has 0 bridgehead atoms. The molecule has 108 valence electrons. The summed E-state index contributed by atoms with van der Waals surface area (Å²) in [6.07, 6.45) is 1.97. The Bertz CT molecular complexity index is 595. The minimum Gasteiger partial charge on any atom is -0.361 e. The van der Waals surface area contributed by atoms with E-state index in [2.05, 4.69) is 37.1 Å². The van der Waals surface area contributed by atoms with Gasteiger partial charge in [0, 0.05) is 37.2 Å². The highest BCUT2D eigenvalue weighted by molar-refractivity contribution is 5.83. The Hall–Kier alpha value is -1.97. The van der Waals surface area contributed by atoms with Crippen molar-refractivity contribution in [2.75, 3.05) is 13.6 Å². The molecule has 4 nitrogen and oxygen atoms in total. The third-order valence-electron chi connectivity index (χ3n) is 3.20. The zero-order valence-corrected chi connectivity index (χ0v) is 12.7. The first-order valence-electron chi connectivity index (χ1n) is 6.91. The summed E-state index contributed by atoms with van der Waals surface area (Å²) in [6.45, 7) is 7.58. The molecule has 0 unspecified atom stereocenters. The summed E-state index contributed by atoms with van der Waals surface area (Å²) in [4.78, 5) is 17.0. The average Bonchev–Trinajstić information content (AvgIpc) is 2.78. The van der Waals surface area contributed by atoms with Gasteiger partial charge in [-0.1, -0.05) is 39.0 Å². The molecule has 2 aromatic rings. The van der Waals surface area contributed by atoms with Crippen molar-refractivity contribution in [3.8, 4) is 0 Å². The molecule has 0 aliphatic rings. The maximum Gasteiger partial charge on any atom is 0.317 e. The fourth-order valence-electron chi connectivity index (χ4n) is 2.07. The molecule has 0 radical (unpaired) electrons. The standard InChI is InChI=1S/C16H23N3O/c1-16(2,3)11-18-15(20)19(4)10-12-9-17-14-8-6-5-7-13(12)14/h5-9,17H,10-11H2,1-4H3,(H,18,20). The molecule has 2 amide bonds. The number of rotatable bonds is 3. The maximum absolute atomic E-state index is 12.1. The molecule has 0 aliphatic carbocycles. The Morgan fingerprint density at radius 3 is 2.70 bits per heavy atom. The van der Waals surface area contributed by atoms with Crippen LogP contribution in [-0.2, 0) is 6.54 Å². The van der Waals surface area contributed by atoms with Gasteiger partial charge in [0.15, 0.2) is 0 Å². The van der Waals surface area contributed by atoms with Crippen LogP contribution in [0.1, 0.15) is 26.3 Å². The van der Waals surface area contributed by atoms with Gasteiger partial charge in [0.2, 0.25) is 0 Å². The number of hydrogen-bond donors (Lipinski definition) is 2. The zero-order valence-electron chi connectivity index (χ0n) is 12.7. The van der Waals surface area contributed by atoms with Gasteiger partial charge in [-0.05, 0) is 17.0 Å². The second-order valence-corrected chi connectivity index (χ2v) is 6.43. The number of nitrogens with one attached hydrogen (secondary N) is 2. The van der Waals surface area contributed by atoms with Crippen LogP contribution in [0.25, 0.3) is 10.9 Å². The van der Waals surface area contributed by atoms with Crippen LogP contribution in [0.5, 0.6) is 0 Å². The fraction of sp³-hybridized carbons (Fsp3) is 0.438. The van der Waals surface area contributed by atoms with Crippen molar-refractivity contribution in [1.29, 1.82) is 0 Å². The number of amides is 2. The molecule has 0 saturated carbocycles. The Labute approximate surface area is 120 Å². The van der Waals surface area contributed by atoms with Crippen molar-refractivity contribution in [3.05, 3.63) is 36.0 Å². The van der Waals surface area contributed by atoms with E-state index in [4.69, 9.17) is 0 Å². The van der Waals surface area contributed by atoms with Gasteiger partial charge < -0.3 is 15.2 Å². The van der Waals surface area contributed by atoms with Crippen LogP contribution < -0.4 is 5.32 Å². The molecule has 0 spiro atoms. The van der Waals surface area contributed by atoms with Crippen LogP contribution in [0.3, 0.4) is 0 Å². The van der Waals surface area contributed by atoms with Crippen molar-refractivity contribution in [2.45, 2.75) is 27.3 Å². The highest BCUT2D eigenvalue weighted by Gasteiger charge is 2.15. The van der Waals surface area contributed by atoms with E-state index in [1.165, 1.54) is 5.39 Å². The molecule has 2 rings (SSSR count). The summed E-state index contributed by atoms with van der Waals surface area (Å²) in [5, 5.41) is 4.13. The summed E-state index contributed by atoms with van der Waals surface area (Å²) in [5.74, 6) is 0. The lowest BCUT2D eigenvalue weighted by Gasteiger charge is -2.23. The van der Waals surface area contributed by atoms with Gasteiger partial charge in [-0.25, -0.2) is 4.79 Å². The van der Waals surface area contributed by atoms with E-state index in [1.807, 2.05) is 31.4 Å². The summed E-state index contributed by atoms with van der Waals surface area (Å²) in [5.41, 5.74) is 2.33. The van der Waals surface area contributed by atoms with Crippen molar-refractivity contribution in [1.82, 2.24) is 15.2 Å². The normalized spacial score (nSPS) is 11.6. The largest absolute Gasteiger partial charge is 0.361 e. The van der Waals surface area contributed by atoms with E-state index in [-0.39, 0.29) is 11.4 Å². The van der Waals surface area contributed by atoms with Crippen LogP contribution in [0.4, 0.5) is 4.79 Å². The predicted molar refractivity (Wildman–Crippen MR) is 82.6 cm³/mol. The Morgan fingerprint density at radius 1 is 1.30 bits per heavy atom. The van der Waals surface area contributed by atoms with Gasteiger partial charge >= 0.3 is 6.03 Å². The number of H-pyrrole nitrogens is 1. The number of nitrogens with zero attached hydrogens (tertiary/aromatic N) is 1. The minimum atomic E-state index is -0.0368. The first kappa shape index (κ1) is 14.4. The van der Waals surface area contributed by atoms with Gasteiger partial charge in [-0.2, -0.15) is 0 Å². The summed E-state index contributed by atoms with van der Waals surface area (Å²) < 4.78 is 0. The molecular weight excluding hydrogens is 250 g/mol. The van der Waals surface area contributed by atoms with E-state index < -0.39 is 0 Å². The summed E-state index contributed by atoms with van der Waals surface area (Å²) >= 11 is 0. The molecule has 0 aliphatic heterocycles. The molecule has 0 fully saturated rings. The second-order valence-electron chi connectivity index (χ2n) is 6.43. The summed E-state index contributed by atoms with van der Waals surface area (Å²) in [7, 11) is 1.82. The van der Waals surface area contributed by atoms with Gasteiger partial charge in [-0.3, -0.25) is 0 Å². The van der Waals surface area contributed by atoms with Crippen LogP contribution in [0.15, 0.2) is 30.5 Å². The van der Waals surface area contributed by atoms with Crippen molar-refractivity contribution >= 4 is 16.9 Å². The Morgan fingerprint density at radius 2 is 2.00 bits per heavy atom. The van der Waals surface area contributed by atoms with E-state index in [9.17, 15) is 4.79 Å². The van der Waals surface area contributed by atoms with Crippen molar-refractivity contribution < 1.29 is 4.79 Å². The van der Waals surface area contributed by atoms with E-state index in [1.54, 1.807) is 4.90 Å². The van der Waals surface area contributed by atoms with Crippen LogP contribution in [0.2, 0.25) is 0 Å². The number of urea groups is 1. The van der Waals surface area contributed by atoms with Gasteiger partial charge in [0.1, 0.15) is 0 Å². The second kappa shape index (κ2) is 5.57. The molecule has 2 N–H and O–H groups in total. The highest BCUT2D eigenvalue weighted by Crippen LogP contribution is 2.19. The third-order valence-corrected chi connectivity index (χ3v) is 3.20. The first-order chi connectivity index (χ1) is 9.37. The number of carbonyl (C=O) groups is 1. The first-order valence-corrected chi connectivity index (χ1v) is 6.91. The van der Waals surface area contributed by atoms with E-state index in [0.717, 1.165) is 11.1 Å². The maximum atomic E-state index is 12.1. The van der Waals surface area contributed by atoms with Gasteiger partial charge in [-0.15, -0.1) is 0 Å². The van der Waals surface area contributed by atoms with E-state index >= 15 is 0 Å². The molecular formula is C16H23N3O. The Kier molecular flexibility index (Phi) is 4.02. The topological polar surface area (TPSA) is 48.1 Å². The number of carbonyl (C=O) groups excluding carboxylic acids is 1. The minimum absolute atomic E-state index is 0.0368. The zero-order chi connectivity index (χ0) is 14.8. The number of fused-ring (bicyclic) bond motifs is 1. The van der Waals surface area contributed by atoms with Crippen LogP contribution >= 0.6 is 0 Å². The van der Waals surface area contributed by atoms with Crippen molar-refractivity contribution in [3.63, 3.8) is 0 Å². The molecule has 1 aromatic heterocycles. The monoisotopic (exact) mass is 273 g/mol. The van der Waals surface area contributed by atoms with Gasteiger partial charge in [0.05, 0.1) is 0 Å². The number of benzene rings is 1. The van der Waals surface area contributed by atoms with Crippen molar-refractivity contribution in [2.24, 2.45) is 5.41 Å². The van der Waals surface area contributed by atoms with E-state index in [0.29, 0.717) is 13.1 Å². The SMILES string of the molecule is CN(Cc1c[nH]c2ccccc12)C(=O)NCC(C)(C)C. The molecule has 1 heterocycles. The lowest BCUT2D eigenvalue weighted by Crippen LogP contribution is -2.40. The highest BCUT2D eigenvalue weighted by atomic mass is 16.2. The average molecular weight is 273 g/mol. The lowest BCUT2D eigenvalue weighted by atomic mass is 9.97. The number of aromatic amines is 1. The number of para-hydroxylation sites is 1.